The van der Waals surface area contributed by atoms with Gasteiger partial charge in [-0.15, -0.1) is 0 Å². The van der Waals surface area contributed by atoms with E-state index in [4.69, 9.17) is 4.74 Å². The summed E-state index contributed by atoms with van der Waals surface area (Å²) in [7, 11) is 0. The van der Waals surface area contributed by atoms with Crippen LogP contribution in [0.25, 0.3) is 11.0 Å². The van der Waals surface area contributed by atoms with Crippen LogP contribution in [0.15, 0.2) is 48.5 Å². The highest BCUT2D eigenvalue weighted by Gasteiger charge is 2.45. The van der Waals surface area contributed by atoms with Gasteiger partial charge in [0.15, 0.2) is 0 Å². The lowest BCUT2D eigenvalue weighted by molar-refractivity contribution is -0.117. The first-order valence-corrected chi connectivity index (χ1v) is 9.77. The highest BCUT2D eigenvalue weighted by atomic mass is 19.1. The van der Waals surface area contributed by atoms with Crippen molar-refractivity contribution in [2.75, 3.05) is 18.5 Å². The highest BCUT2D eigenvalue weighted by Crippen LogP contribution is 2.48. The number of carbonyl (C=O) groups is 1. The summed E-state index contributed by atoms with van der Waals surface area (Å²) in [5.74, 6) is -0.0759. The standard InChI is InChI=1S/C22H24FN3O2/c1-2-28-13-7-12-26-20-11-6-5-10-19(20)24-22(26)25-21(27)17-14-16(17)15-8-3-4-9-18(15)23/h3-6,8-11,16-17H,2,7,12-14H2,1H3,(H,24,25,27). The van der Waals surface area contributed by atoms with Gasteiger partial charge in [-0.05, 0) is 49.4 Å². The van der Waals surface area contributed by atoms with Crippen molar-refractivity contribution in [1.29, 1.82) is 0 Å². The Hall–Kier alpha value is -2.73. The van der Waals surface area contributed by atoms with E-state index in [1.54, 1.807) is 12.1 Å². The molecule has 3 aromatic rings. The number of nitrogens with one attached hydrogen (secondary N) is 1. The minimum Gasteiger partial charge on any atom is -0.382 e. The molecular weight excluding hydrogens is 357 g/mol. The van der Waals surface area contributed by atoms with Crippen LogP contribution in [0.3, 0.4) is 0 Å². The molecule has 5 nitrogen and oxygen atoms in total. The van der Waals surface area contributed by atoms with Gasteiger partial charge < -0.3 is 9.30 Å². The third-order valence-corrected chi connectivity index (χ3v) is 5.20. The number of aryl methyl sites for hydroxylation is 1. The largest absolute Gasteiger partial charge is 0.382 e. The Morgan fingerprint density at radius 3 is 2.86 bits per heavy atom. The van der Waals surface area contributed by atoms with Crippen LogP contribution in [0.1, 0.15) is 31.2 Å². The van der Waals surface area contributed by atoms with E-state index in [1.807, 2.05) is 41.8 Å². The van der Waals surface area contributed by atoms with Gasteiger partial charge in [-0.1, -0.05) is 30.3 Å². The summed E-state index contributed by atoms with van der Waals surface area (Å²) >= 11 is 0. The Morgan fingerprint density at radius 1 is 1.25 bits per heavy atom. The molecular formula is C22H24FN3O2. The van der Waals surface area contributed by atoms with Crippen LogP contribution in [0, 0.1) is 11.7 Å². The second-order valence-corrected chi connectivity index (χ2v) is 7.09. The molecule has 4 rings (SSSR count). The summed E-state index contributed by atoms with van der Waals surface area (Å²) in [5.41, 5.74) is 2.44. The number of hydrogen-bond donors (Lipinski definition) is 1. The lowest BCUT2D eigenvalue weighted by Crippen LogP contribution is -2.18. The number of carbonyl (C=O) groups excluding carboxylic acids is 1. The summed E-state index contributed by atoms with van der Waals surface area (Å²) in [4.78, 5) is 17.4. The second-order valence-electron chi connectivity index (χ2n) is 7.09. The summed E-state index contributed by atoms with van der Waals surface area (Å²) < 4.78 is 21.4. The van der Waals surface area contributed by atoms with E-state index in [9.17, 15) is 9.18 Å². The van der Waals surface area contributed by atoms with Gasteiger partial charge in [0.05, 0.1) is 11.0 Å². The molecule has 6 heteroatoms. The third kappa shape index (κ3) is 3.78. The number of aromatic nitrogens is 2. The highest BCUT2D eigenvalue weighted by molar-refractivity contribution is 5.95. The quantitative estimate of drug-likeness (QED) is 0.591. The van der Waals surface area contributed by atoms with E-state index in [0.717, 1.165) is 17.5 Å². The Kier molecular flexibility index (Phi) is 5.39. The van der Waals surface area contributed by atoms with Crippen LogP contribution in [-0.2, 0) is 16.1 Å². The number of nitrogens with zero attached hydrogens (tertiary/aromatic N) is 2. The predicted octanol–water partition coefficient (Wildman–Crippen LogP) is 4.34. The van der Waals surface area contributed by atoms with E-state index in [2.05, 4.69) is 10.3 Å². The van der Waals surface area contributed by atoms with Crippen LogP contribution >= 0.6 is 0 Å². The molecule has 1 amide bonds. The number of para-hydroxylation sites is 2. The van der Waals surface area contributed by atoms with Crippen molar-refractivity contribution in [1.82, 2.24) is 9.55 Å². The van der Waals surface area contributed by atoms with Crippen molar-refractivity contribution in [3.8, 4) is 0 Å². The number of halogens is 1. The lowest BCUT2D eigenvalue weighted by Gasteiger charge is -2.10. The van der Waals surface area contributed by atoms with Gasteiger partial charge in [0.25, 0.3) is 0 Å². The number of ether oxygens (including phenoxy) is 1. The normalized spacial score (nSPS) is 18.4. The average molecular weight is 381 g/mol. The third-order valence-electron chi connectivity index (χ3n) is 5.20. The molecule has 2 unspecified atom stereocenters. The molecule has 0 radical (unpaired) electrons. The van der Waals surface area contributed by atoms with E-state index < -0.39 is 0 Å². The van der Waals surface area contributed by atoms with Gasteiger partial charge in [-0.25, -0.2) is 9.37 Å². The molecule has 0 bridgehead atoms. The average Bonchev–Trinajstić information content (AvgIpc) is 3.42. The molecule has 1 aromatic heterocycles. The fourth-order valence-electron chi connectivity index (χ4n) is 3.67. The summed E-state index contributed by atoms with van der Waals surface area (Å²) in [5, 5.41) is 2.97. The van der Waals surface area contributed by atoms with Gasteiger partial charge in [0, 0.05) is 25.7 Å². The molecule has 146 valence electrons. The minimum absolute atomic E-state index is 0.0583. The molecule has 1 heterocycles. The lowest BCUT2D eigenvalue weighted by atomic mass is 10.1. The molecule has 0 saturated heterocycles. The maximum atomic E-state index is 14.0. The Balaban J connectivity index is 1.50. The molecule has 1 N–H and O–H groups in total. The summed E-state index contributed by atoms with van der Waals surface area (Å²) in [6.45, 7) is 4.03. The van der Waals surface area contributed by atoms with Crippen LogP contribution in [0.2, 0.25) is 0 Å². The molecule has 28 heavy (non-hydrogen) atoms. The van der Waals surface area contributed by atoms with Gasteiger partial charge in [-0.3, -0.25) is 10.1 Å². The molecule has 1 fully saturated rings. The summed E-state index contributed by atoms with van der Waals surface area (Å²) in [6, 6.07) is 14.5. The van der Waals surface area contributed by atoms with Crippen molar-refractivity contribution in [3.05, 3.63) is 59.9 Å². The zero-order valence-corrected chi connectivity index (χ0v) is 15.9. The first-order valence-electron chi connectivity index (χ1n) is 9.77. The Labute approximate surface area is 163 Å². The first kappa shape index (κ1) is 18.6. The minimum atomic E-state index is -0.244. The second kappa shape index (κ2) is 8.10. The van der Waals surface area contributed by atoms with Crippen LogP contribution in [0.4, 0.5) is 10.3 Å². The van der Waals surface area contributed by atoms with Crippen molar-refractivity contribution < 1.29 is 13.9 Å². The van der Waals surface area contributed by atoms with Crippen molar-refractivity contribution in [3.63, 3.8) is 0 Å². The number of imidazole rings is 1. The van der Waals surface area contributed by atoms with Crippen molar-refractivity contribution in [2.45, 2.75) is 32.2 Å². The molecule has 0 spiro atoms. The fraction of sp³-hybridized carbons (Fsp3) is 0.364. The number of anilines is 1. The summed E-state index contributed by atoms with van der Waals surface area (Å²) in [6.07, 6.45) is 1.50. The SMILES string of the molecule is CCOCCCn1c(NC(=O)C2CC2c2ccccc2F)nc2ccccc21. The molecule has 1 saturated carbocycles. The first-order chi connectivity index (χ1) is 13.7. The zero-order valence-electron chi connectivity index (χ0n) is 15.9. The fourth-order valence-corrected chi connectivity index (χ4v) is 3.67. The molecule has 0 aliphatic heterocycles. The molecule has 1 aliphatic carbocycles. The molecule has 1 aliphatic rings. The van der Waals surface area contributed by atoms with Gasteiger partial charge in [-0.2, -0.15) is 0 Å². The van der Waals surface area contributed by atoms with E-state index in [0.29, 0.717) is 37.7 Å². The van der Waals surface area contributed by atoms with Crippen molar-refractivity contribution >= 4 is 22.9 Å². The molecule has 2 aromatic carbocycles. The maximum Gasteiger partial charge on any atom is 0.230 e. The van der Waals surface area contributed by atoms with Crippen LogP contribution in [-0.4, -0.2) is 28.7 Å². The van der Waals surface area contributed by atoms with Gasteiger partial charge in [0.2, 0.25) is 11.9 Å². The van der Waals surface area contributed by atoms with Crippen molar-refractivity contribution in [2.24, 2.45) is 5.92 Å². The number of fused-ring (bicyclic) bond motifs is 1. The zero-order chi connectivity index (χ0) is 19.5. The van der Waals surface area contributed by atoms with Gasteiger partial charge >= 0.3 is 0 Å². The predicted molar refractivity (Wildman–Crippen MR) is 107 cm³/mol. The van der Waals surface area contributed by atoms with E-state index in [1.165, 1.54) is 6.07 Å². The van der Waals surface area contributed by atoms with Crippen LogP contribution < -0.4 is 5.32 Å². The number of hydrogen-bond acceptors (Lipinski definition) is 3. The topological polar surface area (TPSA) is 56.1 Å². The van der Waals surface area contributed by atoms with E-state index >= 15 is 0 Å². The maximum absolute atomic E-state index is 14.0. The monoisotopic (exact) mass is 381 g/mol. The number of rotatable bonds is 8. The Bertz CT molecular complexity index is 985. The van der Waals surface area contributed by atoms with Crippen LogP contribution in [0.5, 0.6) is 0 Å². The number of amides is 1. The smallest absolute Gasteiger partial charge is 0.230 e. The Morgan fingerprint density at radius 2 is 2.04 bits per heavy atom. The molecule has 2 atom stereocenters. The van der Waals surface area contributed by atoms with E-state index in [-0.39, 0.29) is 23.6 Å². The number of benzene rings is 2. The van der Waals surface area contributed by atoms with Gasteiger partial charge in [0.1, 0.15) is 5.82 Å².